The van der Waals surface area contributed by atoms with Crippen LogP contribution in [0.2, 0.25) is 0 Å². The van der Waals surface area contributed by atoms with Gasteiger partial charge in [-0.3, -0.25) is 9.69 Å². The van der Waals surface area contributed by atoms with Gasteiger partial charge in [0.05, 0.1) is 0 Å². The van der Waals surface area contributed by atoms with Gasteiger partial charge >= 0.3 is 0 Å². The zero-order chi connectivity index (χ0) is 16.8. The van der Waals surface area contributed by atoms with E-state index in [0.29, 0.717) is 17.6 Å². The van der Waals surface area contributed by atoms with Crippen LogP contribution in [0.25, 0.3) is 0 Å². The molecule has 0 aliphatic carbocycles. The third-order valence-electron chi connectivity index (χ3n) is 4.93. The number of rotatable bonds is 5. The number of anilines is 1. The third-order valence-corrected chi connectivity index (χ3v) is 6.31. The number of nitrogens with zero attached hydrogens (tertiary/aromatic N) is 4. The van der Waals surface area contributed by atoms with Gasteiger partial charge in [-0.15, -0.1) is 0 Å². The summed E-state index contributed by atoms with van der Waals surface area (Å²) in [5.41, 5.74) is 0. The van der Waals surface area contributed by atoms with Gasteiger partial charge in [0, 0.05) is 69.4 Å². The lowest BCUT2D eigenvalue weighted by Crippen LogP contribution is -2.48. The number of piperazine rings is 1. The minimum atomic E-state index is 0.334. The number of thioether (sulfide) groups is 1. The molecule has 1 unspecified atom stereocenters. The van der Waals surface area contributed by atoms with Gasteiger partial charge in [-0.2, -0.15) is 11.8 Å². The van der Waals surface area contributed by atoms with Crippen LogP contribution < -0.4 is 4.90 Å². The second-order valence-corrected chi connectivity index (χ2v) is 7.92. The number of pyridine rings is 1. The number of aromatic nitrogens is 1. The average Bonchev–Trinajstić information content (AvgIpc) is 2.67. The highest BCUT2D eigenvalue weighted by molar-refractivity contribution is 8.00. The fourth-order valence-electron chi connectivity index (χ4n) is 3.35. The molecule has 1 atom stereocenters. The standard InChI is InChI=1S/C18H28N4OS/c1-2-16-15-22(13-14-24-16)18(23)6-8-20-9-11-21(12-10-20)17-5-3-4-7-19-17/h3-5,7,16H,2,6,8-15H2,1H3. The quantitative estimate of drug-likeness (QED) is 0.813. The van der Waals surface area contributed by atoms with E-state index >= 15 is 0 Å². The van der Waals surface area contributed by atoms with Gasteiger partial charge in [0.15, 0.2) is 0 Å². The molecule has 0 aromatic carbocycles. The van der Waals surface area contributed by atoms with Crippen molar-refractivity contribution in [1.29, 1.82) is 0 Å². The first-order valence-electron chi connectivity index (χ1n) is 9.04. The zero-order valence-corrected chi connectivity index (χ0v) is 15.4. The van der Waals surface area contributed by atoms with Crippen LogP contribution >= 0.6 is 11.8 Å². The molecule has 0 spiro atoms. The predicted molar refractivity (Wildman–Crippen MR) is 101 cm³/mol. The van der Waals surface area contributed by atoms with E-state index in [1.807, 2.05) is 30.1 Å². The minimum absolute atomic E-state index is 0.334. The Bertz CT molecular complexity index is 519. The second-order valence-electron chi connectivity index (χ2n) is 6.51. The summed E-state index contributed by atoms with van der Waals surface area (Å²) >= 11 is 2.01. The molecule has 3 heterocycles. The zero-order valence-electron chi connectivity index (χ0n) is 14.6. The van der Waals surface area contributed by atoms with Gasteiger partial charge in [-0.1, -0.05) is 13.0 Å². The van der Waals surface area contributed by atoms with Crippen LogP contribution in [-0.4, -0.2) is 77.5 Å². The number of carbonyl (C=O) groups excluding carboxylic acids is 1. The summed E-state index contributed by atoms with van der Waals surface area (Å²) in [6.07, 6.45) is 3.66. The van der Waals surface area contributed by atoms with Crippen molar-refractivity contribution in [3.05, 3.63) is 24.4 Å². The van der Waals surface area contributed by atoms with Crippen LogP contribution in [0.5, 0.6) is 0 Å². The smallest absolute Gasteiger partial charge is 0.223 e. The Morgan fingerprint density at radius 2 is 2.08 bits per heavy atom. The molecule has 5 nitrogen and oxygen atoms in total. The number of hydrogen-bond acceptors (Lipinski definition) is 5. The summed E-state index contributed by atoms with van der Waals surface area (Å²) in [5, 5.41) is 0.629. The van der Waals surface area contributed by atoms with E-state index in [4.69, 9.17) is 0 Å². The molecule has 1 aromatic rings. The average molecular weight is 349 g/mol. The van der Waals surface area contributed by atoms with Crippen molar-refractivity contribution in [3.63, 3.8) is 0 Å². The first kappa shape index (κ1) is 17.5. The second kappa shape index (κ2) is 8.72. The molecule has 0 N–H and O–H groups in total. The molecule has 2 saturated heterocycles. The molecule has 0 radical (unpaired) electrons. The Labute approximate surface area is 149 Å². The summed E-state index contributed by atoms with van der Waals surface area (Å²) in [5.74, 6) is 2.48. The van der Waals surface area contributed by atoms with Crippen molar-refractivity contribution in [2.75, 3.05) is 56.5 Å². The summed E-state index contributed by atoms with van der Waals surface area (Å²) < 4.78 is 0. The van der Waals surface area contributed by atoms with Crippen LogP contribution in [0, 0.1) is 0 Å². The largest absolute Gasteiger partial charge is 0.354 e. The molecule has 3 rings (SSSR count). The molecule has 0 bridgehead atoms. The van der Waals surface area contributed by atoms with E-state index in [2.05, 4.69) is 32.7 Å². The fourth-order valence-corrected chi connectivity index (χ4v) is 4.53. The molecule has 0 saturated carbocycles. The monoisotopic (exact) mass is 348 g/mol. The van der Waals surface area contributed by atoms with Gasteiger partial charge in [-0.05, 0) is 18.6 Å². The minimum Gasteiger partial charge on any atom is -0.354 e. The number of hydrogen-bond donors (Lipinski definition) is 0. The van der Waals surface area contributed by atoms with Crippen molar-refractivity contribution in [2.45, 2.75) is 25.0 Å². The first-order chi connectivity index (χ1) is 11.8. The van der Waals surface area contributed by atoms with Crippen LogP contribution in [0.4, 0.5) is 5.82 Å². The van der Waals surface area contributed by atoms with Crippen molar-refractivity contribution >= 4 is 23.5 Å². The van der Waals surface area contributed by atoms with Gasteiger partial charge in [-0.25, -0.2) is 4.98 Å². The first-order valence-corrected chi connectivity index (χ1v) is 10.1. The SMILES string of the molecule is CCC1CN(C(=O)CCN2CCN(c3ccccn3)CC2)CCS1. The lowest BCUT2D eigenvalue weighted by Gasteiger charge is -2.36. The maximum absolute atomic E-state index is 12.5. The fraction of sp³-hybridized carbons (Fsp3) is 0.667. The molecule has 6 heteroatoms. The third kappa shape index (κ3) is 4.63. The molecule has 1 aromatic heterocycles. The Morgan fingerprint density at radius 1 is 1.25 bits per heavy atom. The van der Waals surface area contributed by atoms with E-state index in [0.717, 1.165) is 63.8 Å². The van der Waals surface area contributed by atoms with Gasteiger partial charge in [0.1, 0.15) is 5.82 Å². The van der Waals surface area contributed by atoms with Crippen molar-refractivity contribution in [2.24, 2.45) is 0 Å². The molecule has 2 aliphatic heterocycles. The van der Waals surface area contributed by atoms with E-state index < -0.39 is 0 Å². The molecule has 132 valence electrons. The highest BCUT2D eigenvalue weighted by atomic mass is 32.2. The predicted octanol–water partition coefficient (Wildman–Crippen LogP) is 1.95. The van der Waals surface area contributed by atoms with Crippen LogP contribution in [0.1, 0.15) is 19.8 Å². The molecule has 24 heavy (non-hydrogen) atoms. The maximum atomic E-state index is 12.5. The van der Waals surface area contributed by atoms with E-state index in [1.54, 1.807) is 0 Å². The Balaban J connectivity index is 1.39. The Hall–Kier alpha value is -1.27. The summed E-state index contributed by atoms with van der Waals surface area (Å²) in [4.78, 5) is 23.7. The van der Waals surface area contributed by atoms with Crippen molar-refractivity contribution < 1.29 is 4.79 Å². The van der Waals surface area contributed by atoms with Crippen LogP contribution in [-0.2, 0) is 4.79 Å². The van der Waals surface area contributed by atoms with Crippen LogP contribution in [0.3, 0.4) is 0 Å². The lowest BCUT2D eigenvalue weighted by molar-refractivity contribution is -0.131. The number of amides is 1. The van der Waals surface area contributed by atoms with E-state index in [-0.39, 0.29) is 0 Å². The van der Waals surface area contributed by atoms with Crippen molar-refractivity contribution in [3.8, 4) is 0 Å². The number of carbonyl (C=O) groups is 1. The molecule has 2 fully saturated rings. The summed E-state index contributed by atoms with van der Waals surface area (Å²) in [7, 11) is 0. The highest BCUT2D eigenvalue weighted by Crippen LogP contribution is 2.21. The van der Waals surface area contributed by atoms with E-state index in [1.165, 1.54) is 0 Å². The Morgan fingerprint density at radius 3 is 2.79 bits per heavy atom. The summed E-state index contributed by atoms with van der Waals surface area (Å²) in [6, 6.07) is 6.05. The topological polar surface area (TPSA) is 39.7 Å². The van der Waals surface area contributed by atoms with Gasteiger partial charge in [0.2, 0.25) is 5.91 Å². The van der Waals surface area contributed by atoms with Crippen LogP contribution in [0.15, 0.2) is 24.4 Å². The highest BCUT2D eigenvalue weighted by Gasteiger charge is 2.24. The molecular formula is C18H28N4OS. The van der Waals surface area contributed by atoms with Gasteiger partial charge in [0.25, 0.3) is 0 Å². The van der Waals surface area contributed by atoms with Crippen molar-refractivity contribution in [1.82, 2.24) is 14.8 Å². The normalized spacial score (nSPS) is 22.6. The lowest BCUT2D eigenvalue weighted by atomic mass is 10.2. The summed E-state index contributed by atoms with van der Waals surface area (Å²) in [6.45, 7) is 8.96. The molecule has 2 aliphatic rings. The molecular weight excluding hydrogens is 320 g/mol. The Kier molecular flexibility index (Phi) is 6.37. The maximum Gasteiger partial charge on any atom is 0.223 e. The van der Waals surface area contributed by atoms with E-state index in [9.17, 15) is 4.79 Å². The van der Waals surface area contributed by atoms with Gasteiger partial charge < -0.3 is 9.80 Å². The molecule has 1 amide bonds.